The van der Waals surface area contributed by atoms with E-state index < -0.39 is 36.5 Å². The van der Waals surface area contributed by atoms with Gasteiger partial charge in [0.25, 0.3) is 5.91 Å². The standard InChI is InChI=1S/C30H24FN3O7S/c1-38-30(37)41-16-40-27-23(35)8-10-33-26(27)29(36)32-11-12-39-15-24(32)34(33)25-18-4-2-3-5-20(18)28-21(9-13-42-28)22-14-17(31)6-7-19(22)25/h2-10,13-14,24-25H,11-12,15-16H2,1H3/t24-,25-/m1/s1. The van der Waals surface area contributed by atoms with Crippen molar-refractivity contribution in [2.75, 3.05) is 38.7 Å². The Bertz CT molecular complexity index is 1790. The molecule has 0 bridgehead atoms. The molecule has 2 aromatic heterocycles. The fourth-order valence-corrected chi connectivity index (χ4v) is 6.94. The second kappa shape index (κ2) is 10.3. The van der Waals surface area contributed by atoms with E-state index in [4.69, 9.17) is 14.2 Å². The zero-order valence-corrected chi connectivity index (χ0v) is 23.1. The third-order valence-corrected chi connectivity index (χ3v) is 8.68. The highest BCUT2D eigenvalue weighted by Gasteiger charge is 2.46. The van der Waals surface area contributed by atoms with Crippen LogP contribution in [0.2, 0.25) is 0 Å². The molecule has 10 nitrogen and oxygen atoms in total. The maximum absolute atomic E-state index is 14.8. The second-order valence-corrected chi connectivity index (χ2v) is 10.8. The van der Waals surface area contributed by atoms with Gasteiger partial charge >= 0.3 is 6.16 Å². The van der Waals surface area contributed by atoms with E-state index in [-0.39, 0.29) is 30.4 Å². The maximum Gasteiger partial charge on any atom is 0.510 e. The van der Waals surface area contributed by atoms with Crippen molar-refractivity contribution in [1.82, 2.24) is 9.58 Å². The Balaban J connectivity index is 1.47. The van der Waals surface area contributed by atoms with Crippen molar-refractivity contribution in [2.24, 2.45) is 0 Å². The van der Waals surface area contributed by atoms with E-state index in [0.29, 0.717) is 6.61 Å². The summed E-state index contributed by atoms with van der Waals surface area (Å²) in [7, 11) is 1.15. The lowest BCUT2D eigenvalue weighted by Gasteiger charge is -2.51. The highest BCUT2D eigenvalue weighted by Crippen LogP contribution is 2.50. The number of pyridine rings is 1. The molecule has 7 rings (SSSR count). The quantitative estimate of drug-likeness (QED) is 0.256. The van der Waals surface area contributed by atoms with Gasteiger partial charge in [-0.3, -0.25) is 19.3 Å². The molecule has 4 aromatic rings. The molecule has 12 heteroatoms. The Labute approximate surface area is 243 Å². The van der Waals surface area contributed by atoms with Crippen LogP contribution in [-0.2, 0) is 14.2 Å². The lowest BCUT2D eigenvalue weighted by Crippen LogP contribution is -2.66. The number of rotatable bonds is 4. The number of carbonyl (C=O) groups is 2. The first-order chi connectivity index (χ1) is 20.5. The number of thiophene rings is 1. The first-order valence-corrected chi connectivity index (χ1v) is 14.1. The maximum atomic E-state index is 14.8. The van der Waals surface area contributed by atoms with Crippen LogP contribution in [0.4, 0.5) is 9.18 Å². The number of benzene rings is 2. The van der Waals surface area contributed by atoms with Crippen LogP contribution in [0.15, 0.2) is 71.0 Å². The Kier molecular flexibility index (Phi) is 6.43. The van der Waals surface area contributed by atoms with Crippen LogP contribution in [-0.4, -0.2) is 61.5 Å². The number of methoxy groups -OCH3 is 1. The second-order valence-electron chi connectivity index (χ2n) is 9.88. The summed E-state index contributed by atoms with van der Waals surface area (Å²) in [4.78, 5) is 41.2. The summed E-state index contributed by atoms with van der Waals surface area (Å²) in [6.45, 7) is 0.164. The van der Waals surface area contributed by atoms with E-state index >= 15 is 0 Å². The minimum atomic E-state index is -0.993. The average molecular weight is 590 g/mol. The molecule has 0 saturated carbocycles. The van der Waals surface area contributed by atoms with Crippen molar-refractivity contribution in [1.29, 1.82) is 0 Å². The fourth-order valence-electron chi connectivity index (χ4n) is 5.98. The lowest BCUT2D eigenvalue weighted by molar-refractivity contribution is -0.0208. The van der Waals surface area contributed by atoms with Gasteiger partial charge < -0.3 is 23.8 Å². The van der Waals surface area contributed by atoms with E-state index in [1.807, 2.05) is 40.7 Å². The number of fused-ring (bicyclic) bond motifs is 7. The van der Waals surface area contributed by atoms with E-state index in [1.165, 1.54) is 24.4 Å². The predicted octanol–water partition coefficient (Wildman–Crippen LogP) is 4.36. The van der Waals surface area contributed by atoms with Crippen molar-refractivity contribution in [3.05, 3.63) is 99.0 Å². The molecule has 0 unspecified atom stereocenters. The molecule has 0 radical (unpaired) electrons. The zero-order chi connectivity index (χ0) is 29.0. The molecule has 1 amide bonds. The summed E-state index contributed by atoms with van der Waals surface area (Å²) in [5.74, 6) is -1.05. The summed E-state index contributed by atoms with van der Waals surface area (Å²) in [6.07, 6.45) is -0.0258. The highest BCUT2D eigenvalue weighted by molar-refractivity contribution is 7.14. The van der Waals surface area contributed by atoms with Gasteiger partial charge in [0, 0.05) is 29.2 Å². The molecule has 0 N–H and O–H groups in total. The monoisotopic (exact) mass is 589 g/mol. The van der Waals surface area contributed by atoms with Gasteiger partial charge in [0.2, 0.25) is 18.0 Å². The number of hydrogen-bond acceptors (Lipinski definition) is 9. The number of hydrogen-bond donors (Lipinski definition) is 0. The Morgan fingerprint density at radius 2 is 1.90 bits per heavy atom. The van der Waals surface area contributed by atoms with Crippen LogP contribution in [0.3, 0.4) is 0 Å². The molecular weight excluding hydrogens is 565 g/mol. The van der Waals surface area contributed by atoms with Crippen molar-refractivity contribution in [3.8, 4) is 27.3 Å². The van der Waals surface area contributed by atoms with Crippen LogP contribution < -0.4 is 15.2 Å². The largest absolute Gasteiger partial charge is 0.510 e. The van der Waals surface area contributed by atoms with Gasteiger partial charge in [-0.05, 0) is 45.8 Å². The molecule has 3 aliphatic rings. The van der Waals surface area contributed by atoms with Gasteiger partial charge in [0.1, 0.15) is 12.0 Å². The number of aromatic nitrogens is 1. The predicted molar refractivity (Wildman–Crippen MR) is 151 cm³/mol. The Morgan fingerprint density at radius 1 is 1.07 bits per heavy atom. The summed E-state index contributed by atoms with van der Waals surface area (Å²) < 4.78 is 37.2. The van der Waals surface area contributed by atoms with Gasteiger partial charge in [-0.2, -0.15) is 0 Å². The number of halogens is 1. The van der Waals surface area contributed by atoms with Crippen molar-refractivity contribution >= 4 is 23.4 Å². The Hall–Kier alpha value is -4.68. The molecule has 0 spiro atoms. The van der Waals surface area contributed by atoms with Crippen LogP contribution >= 0.6 is 11.3 Å². The topological polar surface area (TPSA) is 99.5 Å². The van der Waals surface area contributed by atoms with Crippen LogP contribution in [0.5, 0.6) is 5.75 Å². The number of nitrogens with zero attached hydrogens (tertiary/aromatic N) is 3. The molecule has 2 aromatic carbocycles. The first kappa shape index (κ1) is 26.2. The minimum absolute atomic E-state index is 0.0192. The van der Waals surface area contributed by atoms with Gasteiger partial charge in [-0.1, -0.05) is 30.3 Å². The van der Waals surface area contributed by atoms with Gasteiger partial charge in [0.15, 0.2) is 5.69 Å². The third kappa shape index (κ3) is 4.05. The fraction of sp³-hybridized carbons (Fsp3) is 0.233. The van der Waals surface area contributed by atoms with Crippen molar-refractivity contribution in [2.45, 2.75) is 12.2 Å². The molecule has 42 heavy (non-hydrogen) atoms. The van der Waals surface area contributed by atoms with Crippen molar-refractivity contribution in [3.63, 3.8) is 0 Å². The number of amides is 1. The number of morpholine rings is 1. The average Bonchev–Trinajstić information content (AvgIpc) is 3.46. The summed E-state index contributed by atoms with van der Waals surface area (Å²) in [6, 6.07) is 15.5. The van der Waals surface area contributed by atoms with Crippen LogP contribution in [0.1, 0.15) is 27.7 Å². The normalized spacial score (nSPS) is 18.6. The van der Waals surface area contributed by atoms with Crippen LogP contribution in [0, 0.1) is 5.82 Å². The Morgan fingerprint density at radius 3 is 2.76 bits per heavy atom. The van der Waals surface area contributed by atoms with Crippen LogP contribution in [0.25, 0.3) is 21.6 Å². The van der Waals surface area contributed by atoms with E-state index in [2.05, 4.69) is 4.74 Å². The van der Waals surface area contributed by atoms with E-state index in [1.54, 1.807) is 27.0 Å². The molecule has 4 heterocycles. The molecule has 1 aliphatic carbocycles. The minimum Gasteiger partial charge on any atom is -0.451 e. The van der Waals surface area contributed by atoms with Gasteiger partial charge in [-0.15, -0.1) is 11.3 Å². The van der Waals surface area contributed by atoms with Gasteiger partial charge in [0.05, 0.1) is 26.4 Å². The van der Waals surface area contributed by atoms with E-state index in [0.717, 1.165) is 39.8 Å². The summed E-state index contributed by atoms with van der Waals surface area (Å²) in [5, 5.41) is 3.97. The SMILES string of the molecule is COC(=O)OCOc1c2n(ccc1=O)N([C@H]1c3ccc(F)cc3-c3ccsc3-c3ccccc31)[C@@H]1COCCN1C2=O. The lowest BCUT2D eigenvalue weighted by atomic mass is 9.92. The molecule has 2 atom stereocenters. The first-order valence-electron chi connectivity index (χ1n) is 13.2. The molecule has 1 saturated heterocycles. The molecule has 214 valence electrons. The molecule has 1 fully saturated rings. The molecular formula is C30H24FN3O7S. The van der Waals surface area contributed by atoms with E-state index in [9.17, 15) is 18.8 Å². The summed E-state index contributed by atoms with van der Waals surface area (Å²) >= 11 is 1.58. The van der Waals surface area contributed by atoms with Gasteiger partial charge in [-0.25, -0.2) is 9.18 Å². The number of carbonyl (C=O) groups excluding carboxylic acids is 2. The third-order valence-electron chi connectivity index (χ3n) is 7.73. The highest BCUT2D eigenvalue weighted by atomic mass is 32.1. The zero-order valence-electron chi connectivity index (χ0n) is 22.3. The van der Waals surface area contributed by atoms with Crippen molar-refractivity contribution < 1.29 is 32.9 Å². The number of ether oxygens (including phenoxy) is 4. The summed E-state index contributed by atoms with van der Waals surface area (Å²) in [5.41, 5.74) is 3.82. The molecule has 2 aliphatic heterocycles. The smallest absolute Gasteiger partial charge is 0.451 e.